The summed E-state index contributed by atoms with van der Waals surface area (Å²) in [5.74, 6) is -0.900. The minimum atomic E-state index is -0.781. The molecule has 0 saturated carbocycles. The molecule has 0 heterocycles. The van der Waals surface area contributed by atoms with Gasteiger partial charge in [0.1, 0.15) is 13.2 Å². The van der Waals surface area contributed by atoms with Crippen LogP contribution in [0.25, 0.3) is 0 Å². The molecule has 0 radical (unpaired) electrons. The highest BCUT2D eigenvalue weighted by Gasteiger charge is 2.19. The predicted molar refractivity (Wildman–Crippen MR) is 265 cm³/mol. The first-order valence-corrected chi connectivity index (χ1v) is 26.7. The van der Waals surface area contributed by atoms with Gasteiger partial charge in [-0.25, -0.2) is 0 Å². The number of allylic oxidation sites excluding steroid dienone is 8. The van der Waals surface area contributed by atoms with Gasteiger partial charge in [0.05, 0.1) is 0 Å². The Morgan fingerprint density at radius 3 is 1.02 bits per heavy atom. The van der Waals surface area contributed by atoms with Crippen LogP contribution in [0.15, 0.2) is 48.6 Å². The standard InChI is InChI=1S/C56H100O6/c1-4-7-10-13-16-19-22-25-27-29-31-34-37-40-43-46-49-55(58)61-52-53(51-60-54(57)48-45-42-39-36-33-30-24-21-18-15-12-9-6-3)62-56(59)50-47-44-41-38-35-32-28-26-23-20-17-14-11-8-5-2/h9,12,15,18,21,24,27,29,53H,4-8,10-11,13-14,16-17,19-20,22-23,25-26,28,30-52H2,1-3H3/b12-9+,18-15+,24-21+,29-27+. The Morgan fingerprint density at radius 1 is 0.339 bits per heavy atom. The Bertz CT molecular complexity index is 1090. The molecule has 0 aromatic carbocycles. The molecule has 0 aliphatic rings. The van der Waals surface area contributed by atoms with E-state index < -0.39 is 6.10 Å². The highest BCUT2D eigenvalue weighted by atomic mass is 16.6. The van der Waals surface area contributed by atoms with Crippen molar-refractivity contribution >= 4 is 17.9 Å². The Morgan fingerprint density at radius 2 is 0.645 bits per heavy atom. The van der Waals surface area contributed by atoms with Crippen LogP contribution in [0.5, 0.6) is 0 Å². The van der Waals surface area contributed by atoms with E-state index in [4.69, 9.17) is 14.2 Å². The third-order valence-electron chi connectivity index (χ3n) is 11.6. The number of esters is 3. The minimum absolute atomic E-state index is 0.0818. The van der Waals surface area contributed by atoms with E-state index >= 15 is 0 Å². The van der Waals surface area contributed by atoms with Gasteiger partial charge < -0.3 is 14.2 Å². The zero-order chi connectivity index (χ0) is 45.1. The summed E-state index contributed by atoms with van der Waals surface area (Å²) < 4.78 is 16.8. The van der Waals surface area contributed by atoms with Crippen molar-refractivity contribution in [2.45, 2.75) is 277 Å². The van der Waals surface area contributed by atoms with E-state index in [1.165, 1.54) is 141 Å². The Hall–Kier alpha value is -2.63. The van der Waals surface area contributed by atoms with Gasteiger partial charge >= 0.3 is 17.9 Å². The zero-order valence-corrected chi connectivity index (χ0v) is 41.1. The van der Waals surface area contributed by atoms with Gasteiger partial charge in [0, 0.05) is 19.3 Å². The Kier molecular flexibility index (Phi) is 48.8. The second-order valence-corrected chi connectivity index (χ2v) is 17.8. The van der Waals surface area contributed by atoms with E-state index in [0.717, 1.165) is 89.9 Å². The molecule has 0 N–H and O–H groups in total. The molecular weight excluding hydrogens is 769 g/mol. The molecule has 0 aromatic heterocycles. The third kappa shape index (κ3) is 48.4. The van der Waals surface area contributed by atoms with Crippen LogP contribution in [-0.4, -0.2) is 37.2 Å². The fraction of sp³-hybridized carbons (Fsp3) is 0.804. The molecule has 0 aliphatic heterocycles. The fourth-order valence-electron chi connectivity index (χ4n) is 7.61. The van der Waals surface area contributed by atoms with Crippen LogP contribution in [0.3, 0.4) is 0 Å². The van der Waals surface area contributed by atoms with Crippen LogP contribution in [0.1, 0.15) is 271 Å². The van der Waals surface area contributed by atoms with E-state index in [2.05, 4.69) is 69.4 Å². The van der Waals surface area contributed by atoms with Crippen LogP contribution < -0.4 is 0 Å². The molecule has 6 heteroatoms. The van der Waals surface area contributed by atoms with Crippen molar-refractivity contribution in [2.75, 3.05) is 13.2 Å². The van der Waals surface area contributed by atoms with E-state index in [-0.39, 0.29) is 31.1 Å². The van der Waals surface area contributed by atoms with Gasteiger partial charge in [-0.15, -0.1) is 0 Å². The Labute approximate surface area is 384 Å². The molecule has 0 aliphatic carbocycles. The number of hydrogen-bond donors (Lipinski definition) is 0. The number of unbranched alkanes of at least 4 members (excludes halogenated alkanes) is 31. The van der Waals surface area contributed by atoms with Gasteiger partial charge in [-0.3, -0.25) is 14.4 Å². The average molecular weight is 869 g/mol. The molecule has 1 atom stereocenters. The minimum Gasteiger partial charge on any atom is -0.462 e. The van der Waals surface area contributed by atoms with Gasteiger partial charge in [0.25, 0.3) is 0 Å². The summed E-state index contributed by atoms with van der Waals surface area (Å²) in [7, 11) is 0. The third-order valence-corrected chi connectivity index (χ3v) is 11.6. The number of carbonyl (C=O) groups excluding carboxylic acids is 3. The number of hydrogen-bond acceptors (Lipinski definition) is 6. The lowest BCUT2D eigenvalue weighted by molar-refractivity contribution is -0.167. The molecule has 0 amide bonds. The molecule has 0 bridgehead atoms. The molecule has 0 aromatic rings. The van der Waals surface area contributed by atoms with Crippen molar-refractivity contribution in [3.8, 4) is 0 Å². The quantitative estimate of drug-likeness (QED) is 0.0199. The van der Waals surface area contributed by atoms with Crippen molar-refractivity contribution < 1.29 is 28.6 Å². The van der Waals surface area contributed by atoms with Crippen LogP contribution in [0.2, 0.25) is 0 Å². The van der Waals surface area contributed by atoms with Gasteiger partial charge in [-0.2, -0.15) is 0 Å². The summed E-state index contributed by atoms with van der Waals surface area (Å²) in [5, 5.41) is 0. The molecule has 0 saturated heterocycles. The second-order valence-electron chi connectivity index (χ2n) is 17.8. The average Bonchev–Trinajstić information content (AvgIpc) is 3.27. The first-order valence-electron chi connectivity index (χ1n) is 26.7. The van der Waals surface area contributed by atoms with Crippen LogP contribution in [-0.2, 0) is 28.6 Å². The fourth-order valence-corrected chi connectivity index (χ4v) is 7.61. The van der Waals surface area contributed by atoms with Gasteiger partial charge in [-0.1, -0.05) is 236 Å². The van der Waals surface area contributed by atoms with Gasteiger partial charge in [0.2, 0.25) is 0 Å². The first-order chi connectivity index (χ1) is 30.5. The second kappa shape index (κ2) is 51.0. The van der Waals surface area contributed by atoms with Crippen LogP contribution >= 0.6 is 0 Å². The van der Waals surface area contributed by atoms with Gasteiger partial charge in [0.15, 0.2) is 6.10 Å². The summed E-state index contributed by atoms with van der Waals surface area (Å²) in [5.41, 5.74) is 0. The summed E-state index contributed by atoms with van der Waals surface area (Å²) >= 11 is 0. The SMILES string of the molecule is CC/C=C/C=C/C=C/CCCCCCCC(=O)OCC(COC(=O)CCCCCCC/C=C/CCCCCCCCC)OC(=O)CCCCCCCCCCCCCCCCC. The normalized spacial score (nSPS) is 12.4. The van der Waals surface area contributed by atoms with E-state index in [1.807, 2.05) is 0 Å². The molecule has 62 heavy (non-hydrogen) atoms. The lowest BCUT2D eigenvalue weighted by atomic mass is 10.0. The van der Waals surface area contributed by atoms with Crippen molar-refractivity contribution in [1.82, 2.24) is 0 Å². The van der Waals surface area contributed by atoms with Crippen LogP contribution in [0, 0.1) is 0 Å². The molecular formula is C56H100O6. The zero-order valence-electron chi connectivity index (χ0n) is 41.1. The maximum absolute atomic E-state index is 12.8. The van der Waals surface area contributed by atoms with Gasteiger partial charge in [-0.05, 0) is 64.2 Å². The number of ether oxygens (including phenoxy) is 3. The monoisotopic (exact) mass is 869 g/mol. The maximum atomic E-state index is 12.8. The smallest absolute Gasteiger partial charge is 0.306 e. The van der Waals surface area contributed by atoms with E-state index in [1.54, 1.807) is 0 Å². The highest BCUT2D eigenvalue weighted by molar-refractivity contribution is 5.71. The number of rotatable bonds is 48. The largest absolute Gasteiger partial charge is 0.462 e. The summed E-state index contributed by atoms with van der Waals surface area (Å²) in [6, 6.07) is 0. The summed E-state index contributed by atoms with van der Waals surface area (Å²) in [6.07, 6.45) is 60.9. The molecule has 0 rings (SSSR count). The first kappa shape index (κ1) is 59.4. The lowest BCUT2D eigenvalue weighted by Gasteiger charge is -2.18. The van der Waals surface area contributed by atoms with Crippen LogP contribution in [0.4, 0.5) is 0 Å². The predicted octanol–water partition coefficient (Wildman–Crippen LogP) is 17.5. The van der Waals surface area contributed by atoms with Crippen molar-refractivity contribution in [3.05, 3.63) is 48.6 Å². The summed E-state index contributed by atoms with van der Waals surface area (Å²) in [6.45, 7) is 6.50. The maximum Gasteiger partial charge on any atom is 0.306 e. The summed E-state index contributed by atoms with van der Waals surface area (Å²) in [4.78, 5) is 38.0. The van der Waals surface area contributed by atoms with Crippen molar-refractivity contribution in [1.29, 1.82) is 0 Å². The highest BCUT2D eigenvalue weighted by Crippen LogP contribution is 2.16. The molecule has 0 fully saturated rings. The molecule has 360 valence electrons. The number of carbonyl (C=O) groups is 3. The topological polar surface area (TPSA) is 78.9 Å². The molecule has 0 spiro atoms. The lowest BCUT2D eigenvalue weighted by Crippen LogP contribution is -2.30. The van der Waals surface area contributed by atoms with Crippen molar-refractivity contribution in [3.63, 3.8) is 0 Å². The van der Waals surface area contributed by atoms with E-state index in [0.29, 0.717) is 19.3 Å². The molecule has 6 nitrogen and oxygen atoms in total. The van der Waals surface area contributed by atoms with Crippen molar-refractivity contribution in [2.24, 2.45) is 0 Å². The molecule has 1 unspecified atom stereocenters. The Balaban J connectivity index is 4.38. The van der Waals surface area contributed by atoms with E-state index in [9.17, 15) is 14.4 Å².